The molecule has 4 saturated heterocycles. The molecule has 3 N–H and O–H groups in total. The first-order valence-electron chi connectivity index (χ1n) is 25.5. The molecule has 5 aliphatic heterocycles. The third-order valence-electron chi connectivity index (χ3n) is 16.6. The van der Waals surface area contributed by atoms with Crippen LogP contribution in [0.5, 0.6) is 0 Å². The number of pyridine rings is 1. The minimum absolute atomic E-state index is 0.0327. The molecule has 12 rings (SSSR count). The Bertz CT molecular complexity index is 2810. The molecule has 6 fully saturated rings. The number of ether oxygens (including phenoxy) is 2. The van der Waals surface area contributed by atoms with E-state index < -0.39 is 29.5 Å². The molecule has 0 radical (unpaired) electrons. The minimum atomic E-state index is -1.00. The van der Waals surface area contributed by atoms with Crippen LogP contribution >= 0.6 is 11.3 Å². The Morgan fingerprint density at radius 2 is 1.87 bits per heavy atom. The van der Waals surface area contributed by atoms with Crippen molar-refractivity contribution in [2.24, 2.45) is 17.3 Å². The van der Waals surface area contributed by atoms with E-state index in [1.54, 1.807) is 18.3 Å². The SMILES string of the molecule is CO[C@@H](C)c1ncccc1-c1c2c3cc(ccc3n1C1CN(C3CC3)C1)-c1csc(n1)[C@@H](N1CC3(CCCN3)C1)[C@H](NC(=O)[C@@H]1[C@@H](C)[C@H]1c1ccncn1)C(=O)N1CCC[C@H](N1)C(=O)OCC(C)(C)C2. The zero-order valence-corrected chi connectivity index (χ0v) is 41.7. The van der Waals surface area contributed by atoms with Crippen molar-refractivity contribution in [1.82, 2.24) is 55.4 Å². The maximum Gasteiger partial charge on any atom is 0.324 e. The van der Waals surface area contributed by atoms with Crippen LogP contribution in [-0.4, -0.2) is 134 Å². The summed E-state index contributed by atoms with van der Waals surface area (Å²) in [7, 11) is 1.73. The first kappa shape index (κ1) is 45.9. The molecule has 5 aromatic rings. The van der Waals surface area contributed by atoms with Crippen LogP contribution in [0.1, 0.15) is 112 Å². The molecule has 2 aliphatic carbocycles. The lowest BCUT2D eigenvalue weighted by molar-refractivity contribution is -0.156. The van der Waals surface area contributed by atoms with E-state index in [9.17, 15) is 9.59 Å². The molecule has 70 heavy (non-hydrogen) atoms. The van der Waals surface area contributed by atoms with Crippen LogP contribution in [0, 0.1) is 17.3 Å². The number of hydrogen-bond acceptors (Lipinski definition) is 14. The molecule has 1 spiro atoms. The average Bonchev–Trinajstić information content (AvgIpc) is 4.11. The molecule has 6 bridgehead atoms. The van der Waals surface area contributed by atoms with Gasteiger partial charge in [0.15, 0.2) is 0 Å². The van der Waals surface area contributed by atoms with Gasteiger partial charge < -0.3 is 24.7 Å². The van der Waals surface area contributed by atoms with E-state index in [4.69, 9.17) is 19.4 Å². The van der Waals surface area contributed by atoms with E-state index in [-0.39, 0.29) is 53.9 Å². The number of nitrogens with zero attached hydrogens (tertiary/aromatic N) is 8. The van der Waals surface area contributed by atoms with Crippen molar-refractivity contribution in [3.05, 3.63) is 82.5 Å². The number of likely N-dealkylation sites (tertiary alicyclic amines) is 2. The van der Waals surface area contributed by atoms with Gasteiger partial charge in [-0.15, -0.1) is 11.3 Å². The van der Waals surface area contributed by atoms with Gasteiger partial charge in [-0.3, -0.25) is 34.2 Å². The van der Waals surface area contributed by atoms with Crippen molar-refractivity contribution in [3.8, 4) is 22.5 Å². The third-order valence-corrected chi connectivity index (χ3v) is 17.5. The van der Waals surface area contributed by atoms with Gasteiger partial charge in [-0.1, -0.05) is 26.8 Å². The summed E-state index contributed by atoms with van der Waals surface area (Å²) in [6.45, 7) is 13.3. The number of fused-ring (bicyclic) bond motifs is 6. The summed E-state index contributed by atoms with van der Waals surface area (Å²) in [5.74, 6) is -1.30. The van der Waals surface area contributed by atoms with Crippen LogP contribution in [0.4, 0.5) is 0 Å². The van der Waals surface area contributed by atoms with E-state index in [1.807, 2.05) is 18.3 Å². The number of thiazole rings is 1. The number of amides is 2. The third kappa shape index (κ3) is 8.23. The van der Waals surface area contributed by atoms with Gasteiger partial charge in [-0.25, -0.2) is 20.4 Å². The summed E-state index contributed by atoms with van der Waals surface area (Å²) in [5.41, 5.74) is 10.8. The summed E-state index contributed by atoms with van der Waals surface area (Å²) >= 11 is 1.54. The zero-order valence-electron chi connectivity index (χ0n) is 40.9. The van der Waals surface area contributed by atoms with Crippen LogP contribution in [0.25, 0.3) is 33.4 Å². The highest BCUT2D eigenvalue weighted by Gasteiger charge is 2.56. The summed E-state index contributed by atoms with van der Waals surface area (Å²) in [6, 6.07) is 11.4. The topological polar surface area (TPSA) is 172 Å². The Balaban J connectivity index is 0.998. The second kappa shape index (κ2) is 17.8. The monoisotopic (exact) mass is 967 g/mol. The second-order valence-corrected chi connectivity index (χ2v) is 23.0. The van der Waals surface area contributed by atoms with Crippen molar-refractivity contribution in [2.45, 2.75) is 120 Å². The molecule has 7 atom stereocenters. The Hall–Kier alpha value is -5.17. The molecule has 17 heteroatoms. The van der Waals surface area contributed by atoms with Crippen molar-refractivity contribution >= 4 is 40.0 Å². The van der Waals surface area contributed by atoms with Crippen molar-refractivity contribution < 1.29 is 23.9 Å². The van der Waals surface area contributed by atoms with Gasteiger partial charge in [0.25, 0.3) is 5.91 Å². The highest BCUT2D eigenvalue weighted by Crippen LogP contribution is 2.53. The fraction of sp³-hybridized carbons (Fsp3) is 0.566. The number of esters is 1. The highest BCUT2D eigenvalue weighted by atomic mass is 32.1. The molecule has 9 heterocycles. The van der Waals surface area contributed by atoms with Crippen LogP contribution in [0.2, 0.25) is 0 Å². The lowest BCUT2D eigenvalue weighted by atomic mass is 9.84. The van der Waals surface area contributed by atoms with Gasteiger partial charge in [-0.2, -0.15) is 0 Å². The predicted molar refractivity (Wildman–Crippen MR) is 265 cm³/mol. The predicted octanol–water partition coefficient (Wildman–Crippen LogP) is 5.98. The fourth-order valence-electron chi connectivity index (χ4n) is 12.5. The molecule has 2 amide bonds. The Kier molecular flexibility index (Phi) is 11.7. The number of hydrazine groups is 1. The number of carbonyl (C=O) groups is 3. The number of aromatic nitrogens is 5. The van der Waals surface area contributed by atoms with Gasteiger partial charge in [0.2, 0.25) is 5.91 Å². The van der Waals surface area contributed by atoms with E-state index in [0.29, 0.717) is 31.8 Å². The highest BCUT2D eigenvalue weighted by molar-refractivity contribution is 7.10. The van der Waals surface area contributed by atoms with Crippen LogP contribution in [-0.2, 0) is 30.3 Å². The summed E-state index contributed by atoms with van der Waals surface area (Å²) in [4.78, 5) is 68.3. The van der Waals surface area contributed by atoms with E-state index >= 15 is 4.79 Å². The lowest BCUT2D eigenvalue weighted by Crippen LogP contribution is -2.70. The van der Waals surface area contributed by atoms with Crippen LogP contribution < -0.4 is 16.1 Å². The molecular weight excluding hydrogens is 903 g/mol. The van der Waals surface area contributed by atoms with Gasteiger partial charge >= 0.3 is 5.97 Å². The number of nitrogens with one attached hydrogen (secondary N) is 3. The first-order valence-corrected chi connectivity index (χ1v) is 26.4. The van der Waals surface area contributed by atoms with Crippen molar-refractivity contribution in [3.63, 3.8) is 0 Å². The molecule has 0 unspecified atom stereocenters. The number of methoxy groups -OCH3 is 1. The van der Waals surface area contributed by atoms with Gasteiger partial charge in [0.1, 0.15) is 23.4 Å². The number of carbonyl (C=O) groups excluding carboxylic acids is 3. The lowest BCUT2D eigenvalue weighted by Gasteiger charge is -2.53. The summed E-state index contributed by atoms with van der Waals surface area (Å²) in [5, 5.41) is 12.6. The second-order valence-electron chi connectivity index (χ2n) is 22.1. The number of cyclic esters (lactones) is 1. The van der Waals surface area contributed by atoms with Gasteiger partial charge in [0.05, 0.1) is 41.9 Å². The Labute approximate surface area is 413 Å². The number of benzene rings is 1. The quantitative estimate of drug-likeness (QED) is 0.148. The fourth-order valence-corrected chi connectivity index (χ4v) is 13.5. The summed E-state index contributed by atoms with van der Waals surface area (Å²) < 4.78 is 14.8. The molecular formula is C53H65N11O5S. The van der Waals surface area contributed by atoms with Gasteiger partial charge in [0, 0.05) is 114 Å². The smallest absolute Gasteiger partial charge is 0.324 e. The number of hydrogen-bond donors (Lipinski definition) is 3. The molecule has 4 aromatic heterocycles. The standard InChI is InChI=1S/C53H65N11O5S/c1-30-42(38-15-19-54-29-56-38)43(30)48(65)59-45-47(62-26-53(27-62)16-8-18-57-53)49-58-40(25-70-49)32-11-14-41-36(21-32)37(22-52(3,4)28-69-51(67)39-10-7-20-63(60-39)50(45)66)46(35-9-6-17-55-44(35)31(2)68-5)64(41)34-23-61(24-34)33-12-13-33/h6,9,11,14-15,17,19,21,25,29-31,33-34,39,42-43,45,47,57,60H,7-8,10,12-13,16,18,20,22-24,26-28H2,1-5H3,(H,59,65)/t30-,31-,39-,42-,43+,45-,47-/m0/s1. The van der Waals surface area contributed by atoms with E-state index in [0.717, 1.165) is 95.4 Å². The molecule has 2 saturated carbocycles. The molecule has 1 aromatic carbocycles. The minimum Gasteiger partial charge on any atom is -0.464 e. The Morgan fingerprint density at radius 3 is 2.63 bits per heavy atom. The average molecular weight is 968 g/mol. The molecule has 368 valence electrons. The number of rotatable bonds is 9. The maximum atomic E-state index is 15.4. The van der Waals surface area contributed by atoms with Crippen LogP contribution in [0.3, 0.4) is 0 Å². The normalized spacial score (nSPS) is 28.5. The zero-order chi connectivity index (χ0) is 48.1. The van der Waals surface area contributed by atoms with E-state index in [2.05, 4.69) is 97.7 Å². The first-order chi connectivity index (χ1) is 33.9. The van der Waals surface area contributed by atoms with E-state index in [1.165, 1.54) is 36.1 Å². The van der Waals surface area contributed by atoms with Crippen molar-refractivity contribution in [2.75, 3.05) is 53.0 Å². The van der Waals surface area contributed by atoms with Crippen molar-refractivity contribution in [1.29, 1.82) is 0 Å². The summed E-state index contributed by atoms with van der Waals surface area (Å²) in [6.07, 6.45) is 11.2. The van der Waals surface area contributed by atoms with Gasteiger partial charge in [-0.05, 0) is 100 Å². The van der Waals surface area contributed by atoms with Crippen LogP contribution in [0.15, 0.2) is 60.5 Å². The largest absolute Gasteiger partial charge is 0.464 e. The Morgan fingerprint density at radius 1 is 1.03 bits per heavy atom. The maximum absolute atomic E-state index is 15.4. The molecule has 16 nitrogen and oxygen atoms in total. The molecule has 7 aliphatic rings.